The van der Waals surface area contributed by atoms with Crippen LogP contribution in [0, 0.1) is 11.1 Å². The van der Waals surface area contributed by atoms with E-state index in [-0.39, 0.29) is 17.6 Å². The molecule has 0 amide bonds. The predicted molar refractivity (Wildman–Crippen MR) is 90.8 cm³/mol. The van der Waals surface area contributed by atoms with Crippen molar-refractivity contribution in [2.24, 2.45) is 5.92 Å². The maximum atomic E-state index is 12.2. The molecule has 0 spiro atoms. The Labute approximate surface area is 135 Å². The van der Waals surface area contributed by atoms with Gasteiger partial charge in [-0.25, -0.2) is 4.74 Å². The van der Waals surface area contributed by atoms with E-state index in [1.807, 2.05) is 12.1 Å². The molecule has 1 N–H and O–H groups in total. The van der Waals surface area contributed by atoms with Crippen molar-refractivity contribution >= 4 is 22.9 Å². The highest BCUT2D eigenvalue weighted by Gasteiger charge is 2.31. The molecule has 0 saturated heterocycles. The number of allylic oxidation sites excluding steroid dienone is 2. The summed E-state index contributed by atoms with van der Waals surface area (Å²) < 4.78 is 1.06. The van der Waals surface area contributed by atoms with E-state index in [1.165, 1.54) is 16.6 Å². The van der Waals surface area contributed by atoms with Crippen molar-refractivity contribution in [1.82, 2.24) is 4.98 Å². The summed E-state index contributed by atoms with van der Waals surface area (Å²) in [5, 5.41) is 13.4. The van der Waals surface area contributed by atoms with E-state index in [4.69, 9.17) is 0 Å². The third-order valence-corrected chi connectivity index (χ3v) is 5.11. The highest BCUT2D eigenvalue weighted by Crippen LogP contribution is 2.39. The van der Waals surface area contributed by atoms with Gasteiger partial charge < -0.3 is 10.2 Å². The average molecular weight is 308 g/mol. The fourth-order valence-corrected chi connectivity index (χ4v) is 4.01. The molecule has 2 bridgehead atoms. The zero-order valence-electron chi connectivity index (χ0n) is 13.2. The summed E-state index contributed by atoms with van der Waals surface area (Å²) in [6, 6.07) is 8.21. The van der Waals surface area contributed by atoms with Gasteiger partial charge in [-0.1, -0.05) is 24.3 Å². The van der Waals surface area contributed by atoms with Gasteiger partial charge in [-0.15, -0.1) is 0 Å². The van der Waals surface area contributed by atoms with E-state index < -0.39 is 0 Å². The Morgan fingerprint density at radius 2 is 2.17 bits per heavy atom. The van der Waals surface area contributed by atoms with Gasteiger partial charge in [-0.3, -0.25) is 4.79 Å². The number of aromatic nitrogens is 1. The van der Waals surface area contributed by atoms with Gasteiger partial charge in [0.05, 0.1) is 6.42 Å². The Bertz CT molecular complexity index is 844. The lowest BCUT2D eigenvalue weighted by Crippen LogP contribution is -2.23. The first kappa shape index (κ1) is 14.2. The maximum Gasteiger partial charge on any atom is 0.156 e. The molecule has 118 valence electrons. The zero-order chi connectivity index (χ0) is 16.0. The van der Waals surface area contributed by atoms with E-state index in [9.17, 15) is 10.0 Å². The lowest BCUT2D eigenvalue weighted by Gasteiger charge is -2.26. The largest absolute Gasteiger partial charge is 0.624 e. The molecule has 2 aromatic rings. The summed E-state index contributed by atoms with van der Waals surface area (Å²) in [6.07, 6.45) is 6.13. The second-order valence-electron chi connectivity index (χ2n) is 6.71. The first-order valence-electron chi connectivity index (χ1n) is 8.20. The van der Waals surface area contributed by atoms with Gasteiger partial charge in [0.15, 0.2) is 18.5 Å². The smallest absolute Gasteiger partial charge is 0.156 e. The van der Waals surface area contributed by atoms with Crippen molar-refractivity contribution in [3.8, 4) is 0 Å². The van der Waals surface area contributed by atoms with Crippen LogP contribution < -0.4 is 0 Å². The number of rotatable bonds is 1. The molecule has 4 nitrogen and oxygen atoms in total. The number of para-hydroxylation sites is 1. The lowest BCUT2D eigenvalue weighted by atomic mass is 9.79. The highest BCUT2D eigenvalue weighted by atomic mass is 16.5. The van der Waals surface area contributed by atoms with Crippen molar-refractivity contribution < 1.29 is 9.53 Å². The minimum absolute atomic E-state index is 0.123. The molecule has 4 rings (SSSR count). The zero-order valence-corrected chi connectivity index (χ0v) is 13.2. The summed E-state index contributed by atoms with van der Waals surface area (Å²) in [6.45, 7) is 2.10. The number of carbonyl (C=O) groups is 1. The first-order valence-corrected chi connectivity index (χ1v) is 8.20. The van der Waals surface area contributed by atoms with Crippen molar-refractivity contribution in [1.29, 1.82) is 0 Å². The Balaban J connectivity index is 1.92. The van der Waals surface area contributed by atoms with Gasteiger partial charge >= 0.3 is 0 Å². The molecule has 0 unspecified atom stereocenters. The molecular formula is C19H20N2O2. The Hall–Kier alpha value is -2.36. The number of hydrogen-bond acceptors (Lipinski definition) is 2. The van der Waals surface area contributed by atoms with Gasteiger partial charge in [-0.2, -0.15) is 0 Å². The van der Waals surface area contributed by atoms with Crippen LogP contribution >= 0.6 is 0 Å². The van der Waals surface area contributed by atoms with Crippen LogP contribution in [0.4, 0.5) is 0 Å². The van der Waals surface area contributed by atoms with Crippen molar-refractivity contribution in [3.05, 3.63) is 52.4 Å². The summed E-state index contributed by atoms with van der Waals surface area (Å²) in [7, 11) is 0. The fourth-order valence-electron chi connectivity index (χ4n) is 4.01. The Morgan fingerprint density at radius 1 is 1.35 bits per heavy atom. The van der Waals surface area contributed by atoms with Crippen LogP contribution in [-0.2, 0) is 11.2 Å². The van der Waals surface area contributed by atoms with Gasteiger partial charge in [-0.05, 0) is 37.0 Å². The van der Waals surface area contributed by atoms with Gasteiger partial charge in [0.1, 0.15) is 0 Å². The van der Waals surface area contributed by atoms with Crippen molar-refractivity contribution in [3.63, 3.8) is 0 Å². The van der Waals surface area contributed by atoms with Crippen LogP contribution in [-0.4, -0.2) is 28.3 Å². The molecule has 0 fully saturated rings. The topological polar surface area (TPSA) is 58.9 Å². The molecule has 1 aliphatic carbocycles. The van der Waals surface area contributed by atoms with Gasteiger partial charge in [0, 0.05) is 28.4 Å². The van der Waals surface area contributed by atoms with E-state index in [1.54, 1.807) is 13.1 Å². The van der Waals surface area contributed by atoms with E-state index in [0.29, 0.717) is 19.4 Å². The van der Waals surface area contributed by atoms with E-state index in [2.05, 4.69) is 23.2 Å². The summed E-state index contributed by atoms with van der Waals surface area (Å²) in [5.74, 6) is 0.544. The molecule has 1 aliphatic heterocycles. The molecule has 0 saturated carbocycles. The summed E-state index contributed by atoms with van der Waals surface area (Å²) >= 11 is 0. The highest BCUT2D eigenvalue weighted by molar-refractivity contribution is 5.94. The van der Waals surface area contributed by atoms with Crippen LogP contribution in [0.2, 0.25) is 0 Å². The minimum atomic E-state index is 0.123. The second kappa shape index (κ2) is 5.37. The van der Waals surface area contributed by atoms with Gasteiger partial charge in [0.2, 0.25) is 0 Å². The van der Waals surface area contributed by atoms with E-state index >= 15 is 0 Å². The number of carbonyl (C=O) groups excluding carboxylic acids is 1. The van der Waals surface area contributed by atoms with Crippen LogP contribution in [0.3, 0.4) is 0 Å². The molecule has 1 aromatic heterocycles. The van der Waals surface area contributed by atoms with Crippen molar-refractivity contribution in [2.45, 2.75) is 32.1 Å². The number of nitrogens with one attached hydrogen (secondary N) is 1. The average Bonchev–Trinajstić information content (AvgIpc) is 2.91. The number of Topliss-reactive ketones (excluding diaryl/α,β-unsaturated/α-hetero) is 1. The number of hydrogen-bond donors (Lipinski definition) is 1. The SMILES string of the molecule is CC(=O)C1=C[C@H]2C[C@H](C1)C/[N+]([O-])=C\Cc1c2[nH]c2ccccc12. The molecule has 1 aromatic carbocycles. The molecule has 2 heterocycles. The van der Waals surface area contributed by atoms with Crippen molar-refractivity contribution in [2.75, 3.05) is 6.54 Å². The maximum absolute atomic E-state index is 12.2. The summed E-state index contributed by atoms with van der Waals surface area (Å²) in [5.41, 5.74) is 4.32. The Morgan fingerprint density at radius 3 is 3.00 bits per heavy atom. The van der Waals surface area contributed by atoms with Gasteiger partial charge in [0.25, 0.3) is 0 Å². The number of ketones is 1. The molecule has 2 atom stereocenters. The molecule has 0 radical (unpaired) electrons. The second-order valence-corrected chi connectivity index (χ2v) is 6.71. The number of benzene rings is 1. The van der Waals surface area contributed by atoms with Crippen LogP contribution in [0.1, 0.15) is 36.9 Å². The molecular weight excluding hydrogens is 288 g/mol. The number of fused-ring (bicyclic) bond motifs is 6. The van der Waals surface area contributed by atoms with Crippen LogP contribution in [0.5, 0.6) is 0 Å². The Kier molecular flexibility index (Phi) is 3.33. The number of aromatic amines is 1. The molecule has 2 aliphatic rings. The predicted octanol–water partition coefficient (Wildman–Crippen LogP) is 3.31. The molecule has 23 heavy (non-hydrogen) atoms. The van der Waals surface area contributed by atoms with E-state index in [0.717, 1.165) is 22.2 Å². The number of nitrogens with zero attached hydrogens (tertiary/aromatic N) is 1. The monoisotopic (exact) mass is 308 g/mol. The third kappa shape index (κ3) is 2.48. The standard InChI is InChI=1S/C19H20N2O2/c1-12(22)14-8-13-9-15(10-14)19-17(6-7-21(23)11-13)16-4-2-3-5-18(16)20-19/h2-5,7,10,13,15,20H,6,8-9,11H2,1H3/b21-7+/t13-,15+/m0/s1. The minimum Gasteiger partial charge on any atom is -0.624 e. The first-order chi connectivity index (χ1) is 11.1. The summed E-state index contributed by atoms with van der Waals surface area (Å²) in [4.78, 5) is 15.4. The third-order valence-electron chi connectivity index (χ3n) is 5.11. The molecule has 4 heteroatoms. The normalized spacial score (nSPS) is 26.3. The number of H-pyrrole nitrogens is 1. The fraction of sp³-hybridized carbons (Fsp3) is 0.368. The van der Waals surface area contributed by atoms with Crippen LogP contribution in [0.25, 0.3) is 10.9 Å². The van der Waals surface area contributed by atoms with Crippen LogP contribution in [0.15, 0.2) is 35.9 Å². The lowest BCUT2D eigenvalue weighted by molar-refractivity contribution is -0.462. The quantitative estimate of drug-likeness (QED) is 0.649. The number of hydroxylamine groups is 1.